The average Bonchev–Trinajstić information content (AvgIpc) is 2.27. The molecule has 0 N–H and O–H groups in total. The molecule has 0 heterocycles. The van der Waals surface area contributed by atoms with Crippen LogP contribution in [0.15, 0.2) is 18.2 Å². The topological polar surface area (TPSA) is 27.0 Å². The van der Waals surface area contributed by atoms with E-state index in [-0.39, 0.29) is 5.56 Å². The lowest BCUT2D eigenvalue weighted by Crippen LogP contribution is -2.30. The van der Waals surface area contributed by atoms with Crippen LogP contribution < -0.4 is 4.90 Å². The first-order valence-corrected chi connectivity index (χ1v) is 5.88. The highest BCUT2D eigenvalue weighted by atomic mass is 19.1. The van der Waals surface area contributed by atoms with E-state index in [0.29, 0.717) is 12.0 Å². The van der Waals surface area contributed by atoms with Crippen molar-refractivity contribution in [3.8, 4) is 6.07 Å². The van der Waals surface area contributed by atoms with E-state index in [1.165, 1.54) is 12.1 Å². The summed E-state index contributed by atoms with van der Waals surface area (Å²) in [6, 6.07) is 6.93. The fourth-order valence-corrected chi connectivity index (χ4v) is 1.91. The van der Waals surface area contributed by atoms with Gasteiger partial charge in [-0.05, 0) is 37.5 Å². The molecule has 2 nitrogen and oxygen atoms in total. The van der Waals surface area contributed by atoms with Crippen molar-refractivity contribution in [2.45, 2.75) is 33.2 Å². The van der Waals surface area contributed by atoms with Crippen LogP contribution in [-0.4, -0.2) is 13.1 Å². The van der Waals surface area contributed by atoms with Crippen molar-refractivity contribution in [2.24, 2.45) is 5.92 Å². The first-order chi connectivity index (χ1) is 7.95. The molecule has 1 unspecified atom stereocenters. The number of halogens is 1. The lowest BCUT2D eigenvalue weighted by molar-refractivity contribution is 0.503. The summed E-state index contributed by atoms with van der Waals surface area (Å²) in [5.74, 6) is 0.157. The smallest absolute Gasteiger partial charge is 0.143 e. The molecule has 0 spiro atoms. The molecule has 0 amide bonds. The van der Waals surface area contributed by atoms with Gasteiger partial charge in [0, 0.05) is 18.8 Å². The molecule has 1 atom stereocenters. The lowest BCUT2D eigenvalue weighted by Gasteiger charge is -2.28. The van der Waals surface area contributed by atoms with E-state index in [1.807, 2.05) is 18.0 Å². The normalized spacial score (nSPS) is 12.3. The predicted octanol–water partition coefficient (Wildman–Crippen LogP) is 3.57. The molecule has 1 aromatic carbocycles. The molecule has 0 saturated carbocycles. The zero-order valence-electron chi connectivity index (χ0n) is 10.9. The lowest BCUT2D eigenvalue weighted by atomic mass is 10.0. The van der Waals surface area contributed by atoms with E-state index in [4.69, 9.17) is 5.26 Å². The minimum atomic E-state index is -0.450. The number of anilines is 1. The van der Waals surface area contributed by atoms with E-state index in [1.54, 1.807) is 6.07 Å². The Kier molecular flexibility index (Phi) is 4.51. The minimum absolute atomic E-state index is 0.0960. The quantitative estimate of drug-likeness (QED) is 0.796. The van der Waals surface area contributed by atoms with Gasteiger partial charge in [-0.3, -0.25) is 0 Å². The van der Waals surface area contributed by atoms with Crippen molar-refractivity contribution in [2.75, 3.05) is 11.9 Å². The summed E-state index contributed by atoms with van der Waals surface area (Å²) in [4.78, 5) is 2.05. The van der Waals surface area contributed by atoms with Gasteiger partial charge < -0.3 is 4.90 Å². The summed E-state index contributed by atoms with van der Waals surface area (Å²) in [7, 11) is 1.95. The highest BCUT2D eigenvalue weighted by molar-refractivity contribution is 5.50. The van der Waals surface area contributed by atoms with Gasteiger partial charge in [0.25, 0.3) is 0 Å². The zero-order valence-corrected chi connectivity index (χ0v) is 10.9. The van der Waals surface area contributed by atoms with E-state index < -0.39 is 5.82 Å². The van der Waals surface area contributed by atoms with Crippen LogP contribution >= 0.6 is 0 Å². The highest BCUT2D eigenvalue weighted by Gasteiger charge is 2.13. The number of nitrogens with zero attached hydrogens (tertiary/aromatic N) is 2. The molecule has 0 radical (unpaired) electrons. The Balaban J connectivity index is 2.86. The predicted molar refractivity (Wildman–Crippen MR) is 68.4 cm³/mol. The van der Waals surface area contributed by atoms with E-state index in [2.05, 4.69) is 20.8 Å². The Labute approximate surface area is 103 Å². The van der Waals surface area contributed by atoms with Gasteiger partial charge in [0.2, 0.25) is 0 Å². The first kappa shape index (κ1) is 13.5. The van der Waals surface area contributed by atoms with Gasteiger partial charge in [0.15, 0.2) is 0 Å². The van der Waals surface area contributed by atoms with Gasteiger partial charge in [0.1, 0.15) is 11.9 Å². The number of rotatable bonds is 4. The van der Waals surface area contributed by atoms with Crippen molar-refractivity contribution < 1.29 is 4.39 Å². The molecule has 0 fully saturated rings. The average molecular weight is 234 g/mol. The molecule has 92 valence electrons. The fourth-order valence-electron chi connectivity index (χ4n) is 1.91. The molecule has 1 rings (SSSR count). The Hall–Kier alpha value is -1.56. The summed E-state index contributed by atoms with van der Waals surface area (Å²) in [5, 5.41) is 8.67. The van der Waals surface area contributed by atoms with Crippen LogP contribution in [0.25, 0.3) is 0 Å². The molecule has 0 aliphatic heterocycles. The fraction of sp³-hybridized carbons (Fsp3) is 0.500. The maximum atomic E-state index is 13.5. The van der Waals surface area contributed by atoms with Crippen LogP contribution in [0.5, 0.6) is 0 Å². The summed E-state index contributed by atoms with van der Waals surface area (Å²) in [5.41, 5.74) is 0.910. The SMILES string of the molecule is CC(C)CC(C)N(C)c1ccc(C#N)c(F)c1. The Morgan fingerprint density at radius 1 is 1.35 bits per heavy atom. The second-order valence-corrected chi connectivity index (χ2v) is 4.87. The summed E-state index contributed by atoms with van der Waals surface area (Å²) >= 11 is 0. The highest BCUT2D eigenvalue weighted by Crippen LogP contribution is 2.21. The summed E-state index contributed by atoms with van der Waals surface area (Å²) in [6.07, 6.45) is 1.05. The molecule has 0 saturated heterocycles. The molecule has 0 bridgehead atoms. The molecule has 3 heteroatoms. The maximum Gasteiger partial charge on any atom is 0.143 e. The van der Waals surface area contributed by atoms with E-state index in [0.717, 1.165) is 12.1 Å². The zero-order chi connectivity index (χ0) is 13.0. The Morgan fingerprint density at radius 3 is 2.47 bits per heavy atom. The number of hydrogen-bond acceptors (Lipinski definition) is 2. The molecule has 0 aliphatic carbocycles. The van der Waals surface area contributed by atoms with Crippen molar-refractivity contribution in [1.29, 1.82) is 5.26 Å². The van der Waals surface area contributed by atoms with E-state index >= 15 is 0 Å². The molecular formula is C14H19FN2. The number of nitriles is 1. The van der Waals surface area contributed by atoms with Crippen LogP contribution in [0.1, 0.15) is 32.8 Å². The van der Waals surface area contributed by atoms with Gasteiger partial charge in [-0.25, -0.2) is 4.39 Å². The second-order valence-electron chi connectivity index (χ2n) is 4.87. The minimum Gasteiger partial charge on any atom is -0.372 e. The summed E-state index contributed by atoms with van der Waals surface area (Å²) < 4.78 is 13.5. The van der Waals surface area contributed by atoms with Crippen LogP contribution in [0.3, 0.4) is 0 Å². The Bertz CT molecular complexity index is 421. The largest absolute Gasteiger partial charge is 0.372 e. The molecular weight excluding hydrogens is 215 g/mol. The molecule has 1 aromatic rings. The van der Waals surface area contributed by atoms with Gasteiger partial charge in [-0.2, -0.15) is 5.26 Å². The standard InChI is InChI=1S/C14H19FN2/c1-10(2)7-11(3)17(4)13-6-5-12(9-16)14(15)8-13/h5-6,8,10-11H,7H2,1-4H3. The van der Waals surface area contributed by atoms with Crippen LogP contribution in [0.4, 0.5) is 10.1 Å². The van der Waals surface area contributed by atoms with Crippen LogP contribution in [0, 0.1) is 23.1 Å². The first-order valence-electron chi connectivity index (χ1n) is 5.88. The summed E-state index contributed by atoms with van der Waals surface area (Å²) in [6.45, 7) is 6.46. The van der Waals surface area contributed by atoms with Crippen molar-refractivity contribution in [3.05, 3.63) is 29.6 Å². The molecule has 0 aromatic heterocycles. The maximum absolute atomic E-state index is 13.5. The van der Waals surface area contributed by atoms with Gasteiger partial charge >= 0.3 is 0 Å². The van der Waals surface area contributed by atoms with E-state index in [9.17, 15) is 4.39 Å². The second kappa shape index (κ2) is 5.67. The number of hydrogen-bond donors (Lipinski definition) is 0. The van der Waals surface area contributed by atoms with Gasteiger partial charge in [-0.1, -0.05) is 13.8 Å². The van der Waals surface area contributed by atoms with Crippen LogP contribution in [0.2, 0.25) is 0 Å². The third kappa shape index (κ3) is 3.45. The molecule has 17 heavy (non-hydrogen) atoms. The third-order valence-corrected chi connectivity index (χ3v) is 2.95. The van der Waals surface area contributed by atoms with Crippen molar-refractivity contribution >= 4 is 5.69 Å². The van der Waals surface area contributed by atoms with Crippen molar-refractivity contribution in [3.63, 3.8) is 0 Å². The Morgan fingerprint density at radius 2 is 2.00 bits per heavy atom. The molecule has 0 aliphatic rings. The van der Waals surface area contributed by atoms with Crippen LogP contribution in [-0.2, 0) is 0 Å². The third-order valence-electron chi connectivity index (χ3n) is 2.95. The van der Waals surface area contributed by atoms with Gasteiger partial charge in [0.05, 0.1) is 5.56 Å². The monoisotopic (exact) mass is 234 g/mol. The van der Waals surface area contributed by atoms with Gasteiger partial charge in [-0.15, -0.1) is 0 Å². The van der Waals surface area contributed by atoms with Crippen molar-refractivity contribution in [1.82, 2.24) is 0 Å². The number of benzene rings is 1.